The third kappa shape index (κ3) is 3.59. The van der Waals surface area contributed by atoms with E-state index in [0.29, 0.717) is 22.1 Å². The molecular formula is C14H12ClFN2OS. The normalized spacial score (nSPS) is 9.95. The average molecular weight is 311 g/mol. The molecule has 0 atom stereocenters. The molecule has 2 rings (SSSR count). The lowest BCUT2D eigenvalue weighted by atomic mass is 10.3. The summed E-state index contributed by atoms with van der Waals surface area (Å²) in [5.41, 5.74) is 0.995. The van der Waals surface area contributed by atoms with E-state index in [-0.39, 0.29) is 10.9 Å². The number of rotatable bonds is 3. The van der Waals surface area contributed by atoms with E-state index >= 15 is 0 Å². The summed E-state index contributed by atoms with van der Waals surface area (Å²) in [5, 5.41) is 6.44. The molecule has 0 fully saturated rings. The fourth-order valence-corrected chi connectivity index (χ4v) is 2.08. The van der Waals surface area contributed by atoms with Crippen molar-refractivity contribution in [3.63, 3.8) is 0 Å². The summed E-state index contributed by atoms with van der Waals surface area (Å²) in [7, 11) is 1.54. The van der Waals surface area contributed by atoms with Crippen molar-refractivity contribution in [3.8, 4) is 5.75 Å². The molecule has 0 aromatic heterocycles. The molecule has 0 bridgehead atoms. The minimum absolute atomic E-state index is 0.274. The first-order valence-corrected chi connectivity index (χ1v) is 6.55. The van der Waals surface area contributed by atoms with E-state index in [1.165, 1.54) is 6.07 Å². The van der Waals surface area contributed by atoms with Crippen molar-refractivity contribution in [1.82, 2.24) is 0 Å². The van der Waals surface area contributed by atoms with Crippen LogP contribution in [0, 0.1) is 5.82 Å². The quantitative estimate of drug-likeness (QED) is 0.828. The zero-order valence-corrected chi connectivity index (χ0v) is 12.2. The highest BCUT2D eigenvalue weighted by Gasteiger charge is 2.05. The zero-order chi connectivity index (χ0) is 14.5. The number of hydrogen-bond donors (Lipinski definition) is 2. The van der Waals surface area contributed by atoms with Gasteiger partial charge in [-0.1, -0.05) is 23.7 Å². The molecule has 2 aromatic carbocycles. The Morgan fingerprint density at radius 3 is 2.60 bits per heavy atom. The first kappa shape index (κ1) is 14.6. The molecule has 2 N–H and O–H groups in total. The molecular weight excluding hydrogens is 299 g/mol. The molecule has 0 saturated carbocycles. The lowest BCUT2D eigenvalue weighted by Gasteiger charge is -2.12. The number of para-hydroxylation sites is 1. The van der Waals surface area contributed by atoms with Crippen LogP contribution in [-0.4, -0.2) is 12.2 Å². The van der Waals surface area contributed by atoms with Crippen LogP contribution in [0.15, 0.2) is 42.5 Å². The van der Waals surface area contributed by atoms with Gasteiger partial charge in [0, 0.05) is 5.69 Å². The average Bonchev–Trinajstić information content (AvgIpc) is 2.41. The Morgan fingerprint density at radius 1 is 1.20 bits per heavy atom. The second-order valence-electron chi connectivity index (χ2n) is 3.91. The molecule has 0 amide bonds. The maximum Gasteiger partial charge on any atom is 0.175 e. The molecule has 0 aliphatic heterocycles. The van der Waals surface area contributed by atoms with Gasteiger partial charge in [-0.15, -0.1) is 0 Å². The monoisotopic (exact) mass is 310 g/mol. The van der Waals surface area contributed by atoms with Crippen LogP contribution >= 0.6 is 23.8 Å². The van der Waals surface area contributed by atoms with Gasteiger partial charge in [-0.05, 0) is 42.5 Å². The number of methoxy groups -OCH3 is 1. The second-order valence-corrected chi connectivity index (χ2v) is 4.72. The summed E-state index contributed by atoms with van der Waals surface area (Å²) in [5.74, 6) is 0.203. The highest BCUT2D eigenvalue weighted by Crippen LogP contribution is 2.27. The topological polar surface area (TPSA) is 33.3 Å². The highest BCUT2D eigenvalue weighted by molar-refractivity contribution is 7.80. The Labute approximate surface area is 126 Å². The minimum atomic E-state index is -0.371. The highest BCUT2D eigenvalue weighted by atomic mass is 35.5. The van der Waals surface area contributed by atoms with Crippen LogP contribution in [0.4, 0.5) is 15.8 Å². The lowest BCUT2D eigenvalue weighted by Crippen LogP contribution is -2.19. The predicted molar refractivity (Wildman–Crippen MR) is 84.2 cm³/mol. The van der Waals surface area contributed by atoms with Gasteiger partial charge in [-0.3, -0.25) is 0 Å². The number of anilines is 2. The molecule has 20 heavy (non-hydrogen) atoms. The van der Waals surface area contributed by atoms with E-state index in [1.54, 1.807) is 43.5 Å². The van der Waals surface area contributed by atoms with Crippen LogP contribution in [0.5, 0.6) is 5.75 Å². The summed E-state index contributed by atoms with van der Waals surface area (Å²) in [4.78, 5) is 0. The van der Waals surface area contributed by atoms with E-state index in [1.807, 2.05) is 0 Å². The zero-order valence-electron chi connectivity index (χ0n) is 10.6. The number of thiocarbonyl (C=S) groups is 1. The van der Waals surface area contributed by atoms with E-state index in [9.17, 15) is 4.39 Å². The Bertz CT molecular complexity index is 636. The fraction of sp³-hybridized carbons (Fsp3) is 0.0714. The summed E-state index contributed by atoms with van der Waals surface area (Å²) < 4.78 is 18.5. The standard InChI is InChI=1S/C14H12ClFN2OS/c1-19-13-7-6-9(8-10(13)15)17-14(20)18-12-5-3-2-4-11(12)16/h2-8H,1H3,(H2,17,18,20). The van der Waals surface area contributed by atoms with Gasteiger partial charge in [0.1, 0.15) is 11.6 Å². The van der Waals surface area contributed by atoms with Crippen molar-refractivity contribution in [2.75, 3.05) is 17.7 Å². The van der Waals surface area contributed by atoms with Gasteiger partial charge in [0.05, 0.1) is 17.8 Å². The van der Waals surface area contributed by atoms with Crippen molar-refractivity contribution < 1.29 is 9.13 Å². The van der Waals surface area contributed by atoms with Crippen LogP contribution in [0.3, 0.4) is 0 Å². The predicted octanol–water partition coefficient (Wildman–Crippen LogP) is 4.30. The van der Waals surface area contributed by atoms with Gasteiger partial charge in [0.2, 0.25) is 0 Å². The Kier molecular flexibility index (Phi) is 4.76. The maximum atomic E-state index is 13.5. The SMILES string of the molecule is COc1ccc(NC(=S)Nc2ccccc2F)cc1Cl. The molecule has 6 heteroatoms. The van der Waals surface area contributed by atoms with E-state index in [2.05, 4.69) is 10.6 Å². The van der Waals surface area contributed by atoms with Crippen molar-refractivity contribution in [3.05, 3.63) is 53.3 Å². The van der Waals surface area contributed by atoms with Crippen molar-refractivity contribution in [2.45, 2.75) is 0 Å². The Balaban J connectivity index is 2.05. The van der Waals surface area contributed by atoms with Crippen LogP contribution < -0.4 is 15.4 Å². The first-order valence-electron chi connectivity index (χ1n) is 5.76. The van der Waals surface area contributed by atoms with E-state index in [0.717, 1.165) is 0 Å². The first-order chi connectivity index (χ1) is 9.60. The van der Waals surface area contributed by atoms with Crippen LogP contribution in [0.25, 0.3) is 0 Å². The summed E-state index contributed by atoms with van der Waals surface area (Å²) in [6.07, 6.45) is 0. The molecule has 0 heterocycles. The van der Waals surface area contributed by atoms with Crippen molar-refractivity contribution in [1.29, 1.82) is 0 Å². The van der Waals surface area contributed by atoms with Gasteiger partial charge in [-0.2, -0.15) is 0 Å². The van der Waals surface area contributed by atoms with Crippen LogP contribution in [0.1, 0.15) is 0 Å². The molecule has 0 aliphatic rings. The van der Waals surface area contributed by atoms with E-state index in [4.69, 9.17) is 28.6 Å². The molecule has 0 spiro atoms. The molecule has 104 valence electrons. The number of benzene rings is 2. The number of halogens is 2. The number of nitrogens with one attached hydrogen (secondary N) is 2. The summed E-state index contributed by atoms with van der Waals surface area (Å²) in [6.45, 7) is 0. The third-order valence-electron chi connectivity index (χ3n) is 2.53. The lowest BCUT2D eigenvalue weighted by molar-refractivity contribution is 0.415. The van der Waals surface area contributed by atoms with Gasteiger partial charge >= 0.3 is 0 Å². The molecule has 0 saturated heterocycles. The van der Waals surface area contributed by atoms with Gasteiger partial charge in [-0.25, -0.2) is 4.39 Å². The maximum absolute atomic E-state index is 13.5. The second kappa shape index (κ2) is 6.54. The van der Waals surface area contributed by atoms with Gasteiger partial charge in [0.25, 0.3) is 0 Å². The molecule has 0 aliphatic carbocycles. The van der Waals surface area contributed by atoms with Gasteiger partial charge in [0.15, 0.2) is 5.11 Å². The number of hydrogen-bond acceptors (Lipinski definition) is 2. The largest absolute Gasteiger partial charge is 0.495 e. The third-order valence-corrected chi connectivity index (χ3v) is 3.03. The Hall–Kier alpha value is -1.85. The smallest absolute Gasteiger partial charge is 0.175 e. The number of ether oxygens (including phenoxy) is 1. The van der Waals surface area contributed by atoms with Crippen molar-refractivity contribution >= 4 is 40.3 Å². The molecule has 0 unspecified atom stereocenters. The molecule has 0 radical (unpaired) electrons. The Morgan fingerprint density at radius 2 is 1.95 bits per heavy atom. The van der Waals surface area contributed by atoms with Gasteiger partial charge < -0.3 is 15.4 Å². The van der Waals surface area contributed by atoms with Crippen molar-refractivity contribution in [2.24, 2.45) is 0 Å². The van der Waals surface area contributed by atoms with E-state index < -0.39 is 0 Å². The van der Waals surface area contributed by atoms with Crippen LogP contribution in [0.2, 0.25) is 5.02 Å². The minimum Gasteiger partial charge on any atom is -0.495 e. The molecule has 3 nitrogen and oxygen atoms in total. The summed E-state index contributed by atoms with van der Waals surface area (Å²) in [6, 6.07) is 11.4. The summed E-state index contributed by atoms with van der Waals surface area (Å²) >= 11 is 11.1. The fourth-order valence-electron chi connectivity index (χ4n) is 1.59. The molecule has 2 aromatic rings. The van der Waals surface area contributed by atoms with Crippen LogP contribution in [-0.2, 0) is 0 Å².